The lowest BCUT2D eigenvalue weighted by Crippen LogP contribution is -2.42. The number of unbranched alkanes of at least 4 members (excludes halogenated alkanes) is 1. The first kappa shape index (κ1) is 24.3. The Kier molecular flexibility index (Phi) is 7.75. The van der Waals surface area contributed by atoms with Gasteiger partial charge in [-0.05, 0) is 38.0 Å². The second kappa shape index (κ2) is 10.5. The Morgan fingerprint density at radius 1 is 1.36 bits per heavy atom. The SMILES string of the molecule is Cc1cn([C@H]2C[C@H](O)[C@@H](CO)O2)c(=O)n(CCCCNC(=O)c2ccc([18F])c(C#N)c2)c1=O. The number of amides is 1. The van der Waals surface area contributed by atoms with Gasteiger partial charge in [0.15, 0.2) is 0 Å². The molecule has 33 heavy (non-hydrogen) atoms. The van der Waals surface area contributed by atoms with E-state index in [1.54, 1.807) is 13.0 Å². The fourth-order valence-corrected chi connectivity index (χ4v) is 3.66. The molecule has 1 aliphatic heterocycles. The van der Waals surface area contributed by atoms with Crippen LogP contribution in [-0.2, 0) is 11.3 Å². The van der Waals surface area contributed by atoms with Crippen LogP contribution in [0.1, 0.15) is 47.0 Å². The minimum atomic E-state index is -0.915. The van der Waals surface area contributed by atoms with Crippen LogP contribution < -0.4 is 16.6 Å². The number of rotatable bonds is 8. The highest BCUT2D eigenvalue weighted by atomic mass is 18.2. The number of aryl methyl sites for hydroxylation is 1. The molecule has 0 bridgehead atoms. The van der Waals surface area contributed by atoms with Crippen LogP contribution >= 0.6 is 0 Å². The van der Waals surface area contributed by atoms with Gasteiger partial charge in [-0.3, -0.25) is 18.7 Å². The van der Waals surface area contributed by atoms with Crippen molar-refractivity contribution in [2.45, 2.75) is 51.2 Å². The van der Waals surface area contributed by atoms with Gasteiger partial charge in [0.05, 0.1) is 18.3 Å². The highest BCUT2D eigenvalue weighted by Gasteiger charge is 2.35. The van der Waals surface area contributed by atoms with E-state index >= 15 is 0 Å². The van der Waals surface area contributed by atoms with Crippen molar-refractivity contribution in [2.75, 3.05) is 13.2 Å². The summed E-state index contributed by atoms with van der Waals surface area (Å²) in [5.41, 5.74) is -0.751. The van der Waals surface area contributed by atoms with Gasteiger partial charge in [-0.15, -0.1) is 0 Å². The molecule has 0 radical (unpaired) electrons. The zero-order valence-corrected chi connectivity index (χ0v) is 18.0. The highest BCUT2D eigenvalue weighted by Crippen LogP contribution is 2.27. The normalized spacial score (nSPS) is 19.9. The lowest BCUT2D eigenvalue weighted by atomic mass is 10.1. The predicted octanol–water partition coefficient (Wildman–Crippen LogP) is 0.180. The molecule has 3 atom stereocenters. The van der Waals surface area contributed by atoms with E-state index in [1.807, 2.05) is 0 Å². The van der Waals surface area contributed by atoms with E-state index in [9.17, 15) is 29.0 Å². The van der Waals surface area contributed by atoms with Crippen molar-refractivity contribution in [2.24, 2.45) is 0 Å². The molecule has 1 amide bonds. The Balaban J connectivity index is 1.60. The highest BCUT2D eigenvalue weighted by molar-refractivity contribution is 5.94. The van der Waals surface area contributed by atoms with Crippen LogP contribution in [0.15, 0.2) is 34.0 Å². The number of aromatic nitrogens is 2. The Morgan fingerprint density at radius 2 is 2.12 bits per heavy atom. The van der Waals surface area contributed by atoms with Crippen molar-refractivity contribution in [3.63, 3.8) is 0 Å². The Labute approximate surface area is 188 Å². The molecule has 3 N–H and O–H groups in total. The van der Waals surface area contributed by atoms with E-state index in [0.717, 1.165) is 10.6 Å². The molecule has 1 aromatic heterocycles. The fourth-order valence-electron chi connectivity index (χ4n) is 3.66. The summed E-state index contributed by atoms with van der Waals surface area (Å²) in [5.74, 6) is -1.16. The smallest absolute Gasteiger partial charge is 0.333 e. The average Bonchev–Trinajstić information content (AvgIpc) is 3.18. The summed E-state index contributed by atoms with van der Waals surface area (Å²) < 4.78 is 21.2. The number of halogens is 1. The van der Waals surface area contributed by atoms with Gasteiger partial charge in [0.2, 0.25) is 0 Å². The van der Waals surface area contributed by atoms with Gasteiger partial charge in [-0.2, -0.15) is 5.26 Å². The van der Waals surface area contributed by atoms with E-state index in [1.165, 1.54) is 22.9 Å². The fraction of sp³-hybridized carbons (Fsp3) is 0.455. The molecule has 0 spiro atoms. The third-order valence-corrected chi connectivity index (χ3v) is 5.50. The van der Waals surface area contributed by atoms with Crippen molar-refractivity contribution in [1.82, 2.24) is 14.5 Å². The number of carbonyl (C=O) groups excluding carboxylic acids is 1. The number of nitrogens with zero attached hydrogens (tertiary/aromatic N) is 3. The quantitative estimate of drug-likeness (QED) is 0.477. The molecule has 1 saturated heterocycles. The number of nitrogens with one attached hydrogen (secondary N) is 1. The third kappa shape index (κ3) is 5.36. The van der Waals surface area contributed by atoms with E-state index in [0.29, 0.717) is 18.4 Å². The second-order valence-electron chi connectivity index (χ2n) is 7.84. The molecule has 11 heteroatoms. The predicted molar refractivity (Wildman–Crippen MR) is 114 cm³/mol. The first-order chi connectivity index (χ1) is 15.8. The van der Waals surface area contributed by atoms with Crippen molar-refractivity contribution in [3.8, 4) is 6.07 Å². The molecule has 10 nitrogen and oxygen atoms in total. The zero-order valence-electron chi connectivity index (χ0n) is 18.0. The first-order valence-corrected chi connectivity index (χ1v) is 10.5. The van der Waals surface area contributed by atoms with Crippen LogP contribution in [0, 0.1) is 24.1 Å². The van der Waals surface area contributed by atoms with Crippen LogP contribution in [0.3, 0.4) is 0 Å². The number of carbonyl (C=O) groups is 1. The number of aliphatic hydroxyl groups is 2. The van der Waals surface area contributed by atoms with Crippen molar-refractivity contribution >= 4 is 5.91 Å². The van der Waals surface area contributed by atoms with Crippen molar-refractivity contribution in [3.05, 3.63) is 67.7 Å². The molecule has 0 aliphatic carbocycles. The van der Waals surface area contributed by atoms with Gasteiger partial charge in [0, 0.05) is 36.8 Å². The first-order valence-electron chi connectivity index (χ1n) is 10.5. The Bertz CT molecular complexity index is 1180. The minimum Gasteiger partial charge on any atom is -0.394 e. The number of hydrogen-bond acceptors (Lipinski definition) is 7. The molecule has 1 aliphatic rings. The zero-order chi connectivity index (χ0) is 24.1. The van der Waals surface area contributed by atoms with E-state index in [2.05, 4.69) is 5.32 Å². The minimum absolute atomic E-state index is 0.114. The number of ether oxygens (including phenoxy) is 1. The molecule has 2 heterocycles. The largest absolute Gasteiger partial charge is 0.394 e. The lowest BCUT2D eigenvalue weighted by molar-refractivity contribution is -0.0464. The van der Waals surface area contributed by atoms with Crippen LogP contribution in [-0.4, -0.2) is 50.6 Å². The standard InChI is InChI=1S/C22H25FN4O6/c1-13-11-27(19-9-17(29)18(12-28)33-19)22(32)26(21(13)31)7-3-2-6-25-20(30)14-4-5-16(23)15(8-14)10-24/h4-5,8,11,17-19,28-29H,2-3,6-7,9,12H2,1H3,(H,25,30)/t17-,18+,19+/m0/s1/i23-1. The van der Waals surface area contributed by atoms with Gasteiger partial charge in [0.1, 0.15) is 24.2 Å². The third-order valence-electron chi connectivity index (χ3n) is 5.50. The number of aliphatic hydroxyl groups excluding tert-OH is 2. The maximum absolute atomic E-state index is 13.4. The second-order valence-corrected chi connectivity index (χ2v) is 7.84. The van der Waals surface area contributed by atoms with Crippen LogP contribution in [0.5, 0.6) is 0 Å². The van der Waals surface area contributed by atoms with E-state index in [4.69, 9.17) is 10.00 Å². The molecule has 1 fully saturated rings. The van der Waals surface area contributed by atoms with Crippen LogP contribution in [0.4, 0.5) is 4.39 Å². The molecule has 2 aromatic rings. The average molecular weight is 459 g/mol. The van der Waals surface area contributed by atoms with Gasteiger partial charge < -0.3 is 20.3 Å². The van der Waals surface area contributed by atoms with Gasteiger partial charge in [-0.1, -0.05) is 0 Å². The summed E-state index contributed by atoms with van der Waals surface area (Å²) in [4.78, 5) is 37.5. The Morgan fingerprint density at radius 3 is 2.79 bits per heavy atom. The number of hydrogen-bond donors (Lipinski definition) is 3. The topological polar surface area (TPSA) is 147 Å². The maximum Gasteiger partial charge on any atom is 0.333 e. The molecule has 176 valence electrons. The monoisotopic (exact) mass is 459 g/mol. The summed E-state index contributed by atoms with van der Waals surface area (Å²) in [7, 11) is 0. The van der Waals surface area contributed by atoms with E-state index in [-0.39, 0.29) is 37.2 Å². The molecule has 0 saturated carbocycles. The van der Waals surface area contributed by atoms with E-state index < -0.39 is 41.4 Å². The molecule has 0 unspecified atom stereocenters. The molecular formula is C22H25FN4O6. The van der Waals surface area contributed by atoms with Crippen LogP contribution in [0.2, 0.25) is 0 Å². The summed E-state index contributed by atoms with van der Waals surface area (Å²) >= 11 is 0. The van der Waals surface area contributed by atoms with Gasteiger partial charge >= 0.3 is 5.69 Å². The summed E-state index contributed by atoms with van der Waals surface area (Å²) in [6.07, 6.45) is -0.119. The Hall–Kier alpha value is -3.33. The summed E-state index contributed by atoms with van der Waals surface area (Å²) in [5, 5.41) is 30.7. The molecular weight excluding hydrogens is 434 g/mol. The number of benzene rings is 1. The molecule has 1 aromatic carbocycles. The molecule has 3 rings (SSSR count). The van der Waals surface area contributed by atoms with Crippen LogP contribution in [0.25, 0.3) is 0 Å². The van der Waals surface area contributed by atoms with Crippen molar-refractivity contribution in [1.29, 1.82) is 5.26 Å². The summed E-state index contributed by atoms with van der Waals surface area (Å²) in [6, 6.07) is 5.18. The van der Waals surface area contributed by atoms with Crippen molar-refractivity contribution < 1.29 is 24.1 Å². The van der Waals surface area contributed by atoms with Gasteiger partial charge in [-0.25, -0.2) is 9.18 Å². The summed E-state index contributed by atoms with van der Waals surface area (Å²) in [6.45, 7) is 1.56. The lowest BCUT2D eigenvalue weighted by Gasteiger charge is -2.17. The van der Waals surface area contributed by atoms with Gasteiger partial charge in [0.25, 0.3) is 11.5 Å². The number of nitriles is 1. The maximum atomic E-state index is 13.4.